The van der Waals surface area contributed by atoms with Gasteiger partial charge in [0, 0.05) is 53.6 Å². The van der Waals surface area contributed by atoms with Gasteiger partial charge in [0.2, 0.25) is 0 Å². The third-order valence-electron chi connectivity index (χ3n) is 8.38. The summed E-state index contributed by atoms with van der Waals surface area (Å²) < 4.78 is 5.02. The van der Waals surface area contributed by atoms with Crippen molar-refractivity contribution in [3.05, 3.63) is 126 Å². The topological polar surface area (TPSA) is 30.7 Å². The Hall–Kier alpha value is -4.80. The van der Waals surface area contributed by atoms with Gasteiger partial charge in [-0.2, -0.15) is 0 Å². The summed E-state index contributed by atoms with van der Waals surface area (Å²) in [5.74, 6) is 0.777. The molecule has 0 radical (unpaired) electrons. The maximum atomic E-state index is 4.85. The Morgan fingerprint density at radius 1 is 0.512 bits per heavy atom. The standard InChI is InChI=1S/C37H27N3S/c1-22-23(2)38-37(39-24(22)3)27-14-17-34-31(21-27)30-19-25(13-16-33(30)40(34)28-9-5-4-6-10-28)26-15-18-36-32(20-26)29-11-7-8-12-35(29)41-36/h4-21H,1-3H3. The highest BCUT2D eigenvalue weighted by Gasteiger charge is 2.16. The highest BCUT2D eigenvalue weighted by molar-refractivity contribution is 7.25. The lowest BCUT2D eigenvalue weighted by Gasteiger charge is -2.09. The molecule has 0 saturated heterocycles. The molecule has 3 nitrogen and oxygen atoms in total. The number of thiophene rings is 1. The quantitative estimate of drug-likeness (QED) is 0.221. The summed E-state index contributed by atoms with van der Waals surface area (Å²) in [5.41, 5.74) is 10.2. The number of benzene rings is 5. The monoisotopic (exact) mass is 545 g/mol. The first kappa shape index (κ1) is 24.0. The summed E-state index contributed by atoms with van der Waals surface area (Å²) in [6.07, 6.45) is 0. The van der Waals surface area contributed by atoms with Crippen LogP contribution in [-0.4, -0.2) is 14.5 Å². The molecule has 0 saturated carbocycles. The predicted octanol–water partition coefficient (Wildman–Crippen LogP) is 10.2. The summed E-state index contributed by atoms with van der Waals surface area (Å²) in [4.78, 5) is 9.71. The molecule has 0 aliphatic rings. The third-order valence-corrected chi connectivity index (χ3v) is 9.53. The van der Waals surface area contributed by atoms with E-state index in [2.05, 4.69) is 135 Å². The summed E-state index contributed by atoms with van der Waals surface area (Å²) >= 11 is 1.86. The van der Waals surface area contributed by atoms with Crippen LogP contribution in [0.4, 0.5) is 0 Å². The van der Waals surface area contributed by atoms with E-state index in [1.807, 2.05) is 11.3 Å². The van der Waals surface area contributed by atoms with Crippen LogP contribution in [0.2, 0.25) is 0 Å². The number of rotatable bonds is 3. The first-order valence-electron chi connectivity index (χ1n) is 13.9. The van der Waals surface area contributed by atoms with Gasteiger partial charge in [-0.15, -0.1) is 11.3 Å². The Labute approximate surface area is 242 Å². The summed E-state index contributed by atoms with van der Waals surface area (Å²) in [5, 5.41) is 5.06. The van der Waals surface area contributed by atoms with Crippen molar-refractivity contribution in [1.29, 1.82) is 0 Å². The average molecular weight is 546 g/mol. The van der Waals surface area contributed by atoms with E-state index in [0.29, 0.717) is 0 Å². The van der Waals surface area contributed by atoms with Crippen molar-refractivity contribution >= 4 is 53.3 Å². The van der Waals surface area contributed by atoms with Crippen LogP contribution in [0.15, 0.2) is 109 Å². The van der Waals surface area contributed by atoms with Gasteiger partial charge in [0.05, 0.1) is 11.0 Å². The van der Waals surface area contributed by atoms with E-state index < -0.39 is 0 Å². The van der Waals surface area contributed by atoms with Crippen molar-refractivity contribution in [2.75, 3.05) is 0 Å². The van der Waals surface area contributed by atoms with Gasteiger partial charge < -0.3 is 4.57 Å². The second kappa shape index (κ2) is 9.12. The zero-order valence-electron chi connectivity index (χ0n) is 23.1. The van der Waals surface area contributed by atoms with Crippen LogP contribution in [0.5, 0.6) is 0 Å². The first-order valence-corrected chi connectivity index (χ1v) is 14.7. The number of aromatic nitrogens is 3. The molecule has 0 aliphatic heterocycles. The van der Waals surface area contributed by atoms with Crippen LogP contribution < -0.4 is 0 Å². The molecule has 0 unspecified atom stereocenters. The fourth-order valence-corrected chi connectivity index (χ4v) is 7.09. The number of nitrogens with zero attached hydrogens (tertiary/aromatic N) is 3. The number of hydrogen-bond donors (Lipinski definition) is 0. The molecule has 0 fully saturated rings. The van der Waals surface area contributed by atoms with Crippen LogP contribution >= 0.6 is 11.3 Å². The van der Waals surface area contributed by atoms with Gasteiger partial charge in [0.25, 0.3) is 0 Å². The second-order valence-corrected chi connectivity index (χ2v) is 11.9. The molecule has 0 spiro atoms. The van der Waals surface area contributed by atoms with Crippen molar-refractivity contribution in [3.63, 3.8) is 0 Å². The Morgan fingerprint density at radius 2 is 1.07 bits per heavy atom. The van der Waals surface area contributed by atoms with Gasteiger partial charge in [-0.25, -0.2) is 9.97 Å². The first-order chi connectivity index (χ1) is 20.0. The van der Waals surface area contributed by atoms with E-state index in [-0.39, 0.29) is 0 Å². The van der Waals surface area contributed by atoms with Crippen molar-refractivity contribution < 1.29 is 0 Å². The summed E-state index contributed by atoms with van der Waals surface area (Å²) in [7, 11) is 0. The number of para-hydroxylation sites is 1. The van der Waals surface area contributed by atoms with Crippen LogP contribution in [-0.2, 0) is 0 Å². The summed E-state index contributed by atoms with van der Waals surface area (Å²) in [6, 6.07) is 39.7. The van der Waals surface area contributed by atoms with Gasteiger partial charge in [0.1, 0.15) is 0 Å². The van der Waals surface area contributed by atoms with Crippen LogP contribution in [0, 0.1) is 20.8 Å². The highest BCUT2D eigenvalue weighted by Crippen LogP contribution is 2.39. The third kappa shape index (κ3) is 3.79. The van der Waals surface area contributed by atoms with E-state index >= 15 is 0 Å². The molecule has 196 valence electrons. The lowest BCUT2D eigenvalue weighted by Crippen LogP contribution is -1.99. The maximum absolute atomic E-state index is 4.85. The van der Waals surface area contributed by atoms with Gasteiger partial charge in [-0.05, 0) is 98.1 Å². The molecule has 3 heterocycles. The zero-order chi connectivity index (χ0) is 27.7. The Morgan fingerprint density at radius 3 is 1.80 bits per heavy atom. The maximum Gasteiger partial charge on any atom is 0.159 e. The molecule has 3 aromatic heterocycles. The zero-order valence-corrected chi connectivity index (χ0v) is 24.0. The molecule has 0 amide bonds. The highest BCUT2D eigenvalue weighted by atomic mass is 32.1. The molecule has 0 atom stereocenters. The van der Waals surface area contributed by atoms with Crippen LogP contribution in [0.1, 0.15) is 17.0 Å². The van der Waals surface area contributed by atoms with Gasteiger partial charge in [0.15, 0.2) is 5.82 Å². The Bertz CT molecular complexity index is 2270. The van der Waals surface area contributed by atoms with E-state index in [4.69, 9.17) is 9.97 Å². The van der Waals surface area contributed by atoms with Crippen LogP contribution in [0.25, 0.3) is 70.2 Å². The SMILES string of the molecule is Cc1nc(-c2ccc3c(c2)c2cc(-c4ccc5sc6ccccc6c5c4)ccc2n3-c2ccccc2)nc(C)c1C. The molecule has 4 heteroatoms. The van der Waals surface area contributed by atoms with Crippen molar-refractivity contribution in [2.45, 2.75) is 20.8 Å². The molecule has 5 aromatic carbocycles. The van der Waals surface area contributed by atoms with Gasteiger partial charge in [-0.3, -0.25) is 0 Å². The van der Waals surface area contributed by atoms with E-state index in [0.717, 1.165) is 34.0 Å². The molecule has 41 heavy (non-hydrogen) atoms. The second-order valence-electron chi connectivity index (χ2n) is 10.8. The van der Waals surface area contributed by atoms with Crippen molar-refractivity contribution in [1.82, 2.24) is 14.5 Å². The van der Waals surface area contributed by atoms with E-state index in [9.17, 15) is 0 Å². The fraction of sp³-hybridized carbons (Fsp3) is 0.0811. The summed E-state index contributed by atoms with van der Waals surface area (Å²) in [6.45, 7) is 6.21. The smallest absolute Gasteiger partial charge is 0.159 e. The molecule has 0 aliphatic carbocycles. The minimum Gasteiger partial charge on any atom is -0.309 e. The van der Waals surface area contributed by atoms with Gasteiger partial charge in [-0.1, -0.05) is 48.5 Å². The average Bonchev–Trinajstić information content (AvgIpc) is 3.54. The Kier molecular flexibility index (Phi) is 5.34. The van der Waals surface area contributed by atoms with Crippen LogP contribution in [0.3, 0.4) is 0 Å². The number of aryl methyl sites for hydroxylation is 2. The Balaban J connectivity index is 1.38. The molecule has 8 rings (SSSR count). The molecular formula is C37H27N3S. The molecule has 0 bridgehead atoms. The lowest BCUT2D eigenvalue weighted by molar-refractivity contribution is 1.02. The van der Waals surface area contributed by atoms with E-state index in [1.54, 1.807) is 0 Å². The van der Waals surface area contributed by atoms with E-state index in [1.165, 1.54) is 53.1 Å². The van der Waals surface area contributed by atoms with Crippen molar-refractivity contribution in [2.24, 2.45) is 0 Å². The molecular weight excluding hydrogens is 518 g/mol. The molecule has 0 N–H and O–H groups in total. The van der Waals surface area contributed by atoms with Gasteiger partial charge >= 0.3 is 0 Å². The number of fused-ring (bicyclic) bond motifs is 6. The minimum atomic E-state index is 0.777. The predicted molar refractivity (Wildman–Crippen MR) is 174 cm³/mol. The lowest BCUT2D eigenvalue weighted by atomic mass is 10.00. The normalized spacial score (nSPS) is 11.8. The fourth-order valence-electron chi connectivity index (χ4n) is 6.00. The minimum absolute atomic E-state index is 0.777. The van der Waals surface area contributed by atoms with Crippen molar-refractivity contribution in [3.8, 4) is 28.2 Å². The molecule has 8 aromatic rings. The number of hydrogen-bond acceptors (Lipinski definition) is 3. The largest absolute Gasteiger partial charge is 0.309 e.